The topological polar surface area (TPSA) is 88.8 Å². The van der Waals surface area contributed by atoms with Gasteiger partial charge in [-0.1, -0.05) is 13.8 Å². The minimum atomic E-state index is -3.77. The molecule has 0 aliphatic carbocycles. The minimum Gasteiger partial charge on any atom is -0.495 e. The third-order valence-corrected chi connectivity index (χ3v) is 6.97. The Morgan fingerprint density at radius 2 is 1.97 bits per heavy atom. The highest BCUT2D eigenvalue weighted by Crippen LogP contribution is 2.32. The summed E-state index contributed by atoms with van der Waals surface area (Å²) in [5, 5.41) is 2.80. The van der Waals surface area contributed by atoms with Crippen LogP contribution in [-0.4, -0.2) is 45.4 Å². The van der Waals surface area contributed by atoms with E-state index in [9.17, 15) is 13.2 Å². The number of methoxy groups -OCH3 is 1. The number of carbonyl (C=O) groups excluding carboxylic acids is 1. The van der Waals surface area contributed by atoms with Crippen molar-refractivity contribution in [2.24, 2.45) is 11.8 Å². The Kier molecular flexibility index (Phi) is 6.64. The van der Waals surface area contributed by atoms with E-state index in [4.69, 9.17) is 9.15 Å². The zero-order valence-electron chi connectivity index (χ0n) is 17.1. The molecule has 1 aliphatic heterocycles. The van der Waals surface area contributed by atoms with E-state index in [0.29, 0.717) is 26.1 Å². The third-order valence-electron chi connectivity index (χ3n) is 5.12. The number of ether oxygens (including phenoxy) is 1. The molecule has 0 bridgehead atoms. The summed E-state index contributed by atoms with van der Waals surface area (Å²) in [7, 11) is -2.34. The van der Waals surface area contributed by atoms with Gasteiger partial charge in [0.25, 0.3) is 5.91 Å². The van der Waals surface area contributed by atoms with Gasteiger partial charge >= 0.3 is 0 Å². The first kappa shape index (κ1) is 21.4. The SMILES string of the molecule is COc1ccc(C(=O)NCCc2ccco2)cc1S(=O)(=O)N1CC(C)CC(C)C1. The summed E-state index contributed by atoms with van der Waals surface area (Å²) in [6, 6.07) is 8.14. The summed E-state index contributed by atoms with van der Waals surface area (Å²) in [6.45, 7) is 5.43. The molecular weight excluding hydrogens is 392 g/mol. The second-order valence-corrected chi connectivity index (χ2v) is 9.63. The zero-order chi connectivity index (χ0) is 21.0. The lowest BCUT2D eigenvalue weighted by molar-refractivity contribution is 0.0953. The molecule has 3 rings (SSSR count). The summed E-state index contributed by atoms with van der Waals surface area (Å²) in [4.78, 5) is 12.6. The lowest BCUT2D eigenvalue weighted by Gasteiger charge is -2.34. The van der Waals surface area contributed by atoms with Gasteiger partial charge in [-0.05, 0) is 48.6 Å². The zero-order valence-corrected chi connectivity index (χ0v) is 17.9. The molecule has 0 radical (unpaired) electrons. The first-order valence-corrected chi connectivity index (χ1v) is 11.2. The maximum Gasteiger partial charge on any atom is 0.251 e. The molecule has 158 valence electrons. The van der Waals surface area contributed by atoms with Crippen molar-refractivity contribution >= 4 is 15.9 Å². The Bertz CT molecular complexity index is 930. The number of carbonyl (C=O) groups is 1. The number of hydrogen-bond acceptors (Lipinski definition) is 5. The summed E-state index contributed by atoms with van der Waals surface area (Å²) < 4.78 is 38.6. The standard InChI is InChI=1S/C21H28N2O5S/c1-15-11-16(2)14-23(13-15)29(25,26)20-12-17(6-7-19(20)27-3)21(24)22-9-8-18-5-4-10-28-18/h4-7,10,12,15-16H,8-9,11,13-14H2,1-3H3,(H,22,24). The van der Waals surface area contributed by atoms with Gasteiger partial charge in [-0.25, -0.2) is 8.42 Å². The first-order valence-electron chi connectivity index (χ1n) is 9.80. The van der Waals surface area contributed by atoms with Crippen molar-refractivity contribution in [3.63, 3.8) is 0 Å². The molecule has 2 atom stereocenters. The fourth-order valence-corrected chi connectivity index (χ4v) is 5.68. The maximum absolute atomic E-state index is 13.3. The number of nitrogens with one attached hydrogen (secondary N) is 1. The van der Waals surface area contributed by atoms with E-state index >= 15 is 0 Å². The van der Waals surface area contributed by atoms with Crippen molar-refractivity contribution in [3.8, 4) is 5.75 Å². The van der Waals surface area contributed by atoms with Crippen LogP contribution in [0.25, 0.3) is 0 Å². The Balaban J connectivity index is 1.79. The highest BCUT2D eigenvalue weighted by molar-refractivity contribution is 7.89. The number of furan rings is 1. The molecule has 1 aliphatic rings. The average molecular weight is 421 g/mol. The first-order chi connectivity index (χ1) is 13.8. The van der Waals surface area contributed by atoms with Crippen molar-refractivity contribution in [1.29, 1.82) is 0 Å². The normalized spacial score (nSPS) is 20.4. The van der Waals surface area contributed by atoms with Gasteiger partial charge in [-0.3, -0.25) is 4.79 Å². The molecule has 2 aromatic rings. The molecule has 2 heterocycles. The Labute approximate surface area is 172 Å². The van der Waals surface area contributed by atoms with E-state index in [1.54, 1.807) is 18.4 Å². The summed E-state index contributed by atoms with van der Waals surface area (Å²) in [6.07, 6.45) is 3.14. The molecule has 1 amide bonds. The number of benzene rings is 1. The van der Waals surface area contributed by atoms with Crippen LogP contribution < -0.4 is 10.1 Å². The number of hydrogen-bond donors (Lipinski definition) is 1. The van der Waals surface area contributed by atoms with Crippen molar-refractivity contribution in [1.82, 2.24) is 9.62 Å². The average Bonchev–Trinajstić information content (AvgIpc) is 3.20. The van der Waals surface area contributed by atoms with E-state index in [0.717, 1.165) is 12.2 Å². The lowest BCUT2D eigenvalue weighted by atomic mass is 9.94. The van der Waals surface area contributed by atoms with Crippen LogP contribution in [0.1, 0.15) is 36.4 Å². The molecule has 8 heteroatoms. The van der Waals surface area contributed by atoms with Gasteiger partial charge in [0.05, 0.1) is 13.4 Å². The highest BCUT2D eigenvalue weighted by atomic mass is 32.2. The third kappa shape index (κ3) is 5.00. The van der Waals surface area contributed by atoms with Gasteiger partial charge in [0.1, 0.15) is 16.4 Å². The van der Waals surface area contributed by atoms with Gasteiger partial charge in [-0.2, -0.15) is 4.31 Å². The van der Waals surface area contributed by atoms with Crippen LogP contribution >= 0.6 is 0 Å². The van der Waals surface area contributed by atoms with Crippen LogP contribution in [0.3, 0.4) is 0 Å². The van der Waals surface area contributed by atoms with Crippen LogP contribution in [0.2, 0.25) is 0 Å². The molecule has 1 N–H and O–H groups in total. The summed E-state index contributed by atoms with van der Waals surface area (Å²) in [5.74, 6) is 1.25. The van der Waals surface area contributed by atoms with E-state index in [-0.39, 0.29) is 34.0 Å². The second kappa shape index (κ2) is 9.00. The van der Waals surface area contributed by atoms with Gasteiger partial charge in [-0.15, -0.1) is 0 Å². The summed E-state index contributed by atoms with van der Waals surface area (Å²) >= 11 is 0. The van der Waals surface area contributed by atoms with Crippen LogP contribution in [0, 0.1) is 11.8 Å². The van der Waals surface area contributed by atoms with Crippen molar-refractivity contribution in [2.75, 3.05) is 26.7 Å². The minimum absolute atomic E-state index is 0.0278. The molecule has 7 nitrogen and oxygen atoms in total. The van der Waals surface area contributed by atoms with Crippen molar-refractivity contribution in [2.45, 2.75) is 31.6 Å². The van der Waals surface area contributed by atoms with Crippen molar-refractivity contribution in [3.05, 3.63) is 47.9 Å². The number of rotatable bonds is 7. The fourth-order valence-electron chi connectivity index (χ4n) is 3.82. The monoisotopic (exact) mass is 420 g/mol. The van der Waals surface area contributed by atoms with Crippen LogP contribution in [0.15, 0.2) is 45.9 Å². The van der Waals surface area contributed by atoms with Gasteiger partial charge in [0.2, 0.25) is 10.0 Å². The van der Waals surface area contributed by atoms with E-state index in [1.165, 1.54) is 23.5 Å². The number of sulfonamides is 1. The van der Waals surface area contributed by atoms with E-state index in [2.05, 4.69) is 19.2 Å². The Hall–Kier alpha value is -2.32. The lowest BCUT2D eigenvalue weighted by Crippen LogP contribution is -2.42. The van der Waals surface area contributed by atoms with E-state index in [1.807, 2.05) is 6.07 Å². The smallest absolute Gasteiger partial charge is 0.251 e. The van der Waals surface area contributed by atoms with Crippen LogP contribution in [-0.2, 0) is 16.4 Å². The van der Waals surface area contributed by atoms with Crippen molar-refractivity contribution < 1.29 is 22.4 Å². The molecule has 29 heavy (non-hydrogen) atoms. The number of amides is 1. The predicted octanol–water partition coefficient (Wildman–Crippen LogP) is 2.93. The van der Waals surface area contributed by atoms with Gasteiger partial charge < -0.3 is 14.5 Å². The molecule has 1 aromatic carbocycles. The van der Waals surface area contributed by atoms with Gasteiger partial charge in [0.15, 0.2) is 0 Å². The second-order valence-electron chi connectivity index (χ2n) is 7.72. The maximum atomic E-state index is 13.3. The molecule has 0 spiro atoms. The summed E-state index contributed by atoms with van der Waals surface area (Å²) in [5.41, 5.74) is 0.280. The molecule has 1 aromatic heterocycles. The largest absolute Gasteiger partial charge is 0.495 e. The number of nitrogens with zero attached hydrogens (tertiary/aromatic N) is 1. The fraction of sp³-hybridized carbons (Fsp3) is 0.476. The molecule has 0 saturated carbocycles. The van der Waals surface area contributed by atoms with Crippen LogP contribution in [0.5, 0.6) is 5.75 Å². The predicted molar refractivity (Wildman–Crippen MR) is 109 cm³/mol. The molecule has 2 unspecified atom stereocenters. The Morgan fingerprint density at radius 1 is 1.24 bits per heavy atom. The molecular formula is C21H28N2O5S. The van der Waals surface area contributed by atoms with Gasteiger partial charge in [0, 0.05) is 31.6 Å². The van der Waals surface area contributed by atoms with E-state index < -0.39 is 10.0 Å². The van der Waals surface area contributed by atoms with Crippen LogP contribution in [0.4, 0.5) is 0 Å². The molecule has 1 fully saturated rings. The Morgan fingerprint density at radius 3 is 2.59 bits per heavy atom. The number of piperidine rings is 1. The highest BCUT2D eigenvalue weighted by Gasteiger charge is 2.34. The molecule has 1 saturated heterocycles. The quantitative estimate of drug-likeness (QED) is 0.744.